The molecule has 4 amide bonds. The van der Waals surface area contributed by atoms with E-state index in [0.717, 1.165) is 38.5 Å². The lowest BCUT2D eigenvalue weighted by Crippen LogP contribution is -2.48. The Kier molecular flexibility index (Phi) is 3.98. The summed E-state index contributed by atoms with van der Waals surface area (Å²) in [6.45, 7) is 0.177. The first kappa shape index (κ1) is 15.9. The SMILES string of the molecule is O=C(CCN1C(=O)NC2(CCCC2)C1=O)NC1C[C@H]2CC[C@@H](C1)N2. The van der Waals surface area contributed by atoms with Crippen molar-refractivity contribution in [3.63, 3.8) is 0 Å². The molecule has 24 heavy (non-hydrogen) atoms. The molecule has 1 saturated carbocycles. The third-order valence-electron chi connectivity index (χ3n) is 6.10. The monoisotopic (exact) mass is 334 g/mol. The Balaban J connectivity index is 1.28. The van der Waals surface area contributed by atoms with Gasteiger partial charge in [-0.2, -0.15) is 0 Å². The average Bonchev–Trinajstić information content (AvgIpc) is 3.20. The fourth-order valence-corrected chi connectivity index (χ4v) is 4.89. The van der Waals surface area contributed by atoms with Gasteiger partial charge in [0, 0.05) is 31.1 Å². The van der Waals surface area contributed by atoms with Crippen LogP contribution in [0.15, 0.2) is 0 Å². The van der Waals surface area contributed by atoms with Crippen molar-refractivity contribution in [2.75, 3.05) is 6.54 Å². The summed E-state index contributed by atoms with van der Waals surface area (Å²) in [7, 11) is 0. The second-order valence-electron chi connectivity index (χ2n) is 7.80. The molecule has 132 valence electrons. The zero-order chi connectivity index (χ0) is 16.7. The first-order chi connectivity index (χ1) is 11.6. The summed E-state index contributed by atoms with van der Waals surface area (Å²) in [6, 6.07) is 0.944. The van der Waals surface area contributed by atoms with Crippen molar-refractivity contribution in [2.24, 2.45) is 0 Å². The normalized spacial score (nSPS) is 34.0. The van der Waals surface area contributed by atoms with Crippen LogP contribution >= 0.6 is 0 Å². The van der Waals surface area contributed by atoms with Gasteiger partial charge in [0.05, 0.1) is 0 Å². The van der Waals surface area contributed by atoms with E-state index >= 15 is 0 Å². The second-order valence-corrected chi connectivity index (χ2v) is 7.80. The summed E-state index contributed by atoms with van der Waals surface area (Å²) >= 11 is 0. The number of carbonyl (C=O) groups excluding carboxylic acids is 3. The van der Waals surface area contributed by atoms with Crippen LogP contribution in [0.5, 0.6) is 0 Å². The van der Waals surface area contributed by atoms with Gasteiger partial charge < -0.3 is 16.0 Å². The van der Waals surface area contributed by atoms with E-state index in [2.05, 4.69) is 16.0 Å². The summed E-state index contributed by atoms with van der Waals surface area (Å²) in [5.41, 5.74) is -0.679. The van der Waals surface area contributed by atoms with Crippen molar-refractivity contribution in [2.45, 2.75) is 81.5 Å². The van der Waals surface area contributed by atoms with Gasteiger partial charge in [-0.05, 0) is 38.5 Å². The van der Waals surface area contributed by atoms with Gasteiger partial charge in [0.1, 0.15) is 5.54 Å². The van der Waals surface area contributed by atoms with Crippen molar-refractivity contribution >= 4 is 17.8 Å². The fraction of sp³-hybridized carbons (Fsp3) is 0.824. The minimum absolute atomic E-state index is 0.0609. The van der Waals surface area contributed by atoms with Crippen LogP contribution < -0.4 is 16.0 Å². The predicted octanol–water partition coefficient (Wildman–Crippen LogP) is 0.640. The number of hydrogen-bond donors (Lipinski definition) is 3. The van der Waals surface area contributed by atoms with Crippen molar-refractivity contribution in [3.05, 3.63) is 0 Å². The number of rotatable bonds is 4. The molecule has 1 spiro atoms. The number of piperidine rings is 1. The van der Waals surface area contributed by atoms with E-state index < -0.39 is 5.54 Å². The number of amides is 4. The molecule has 0 aromatic rings. The molecule has 7 heteroatoms. The Morgan fingerprint density at radius 3 is 2.50 bits per heavy atom. The maximum atomic E-state index is 12.5. The third-order valence-corrected chi connectivity index (χ3v) is 6.10. The molecule has 7 nitrogen and oxygen atoms in total. The van der Waals surface area contributed by atoms with Crippen LogP contribution in [0.3, 0.4) is 0 Å². The molecule has 4 rings (SSSR count). The van der Waals surface area contributed by atoms with Gasteiger partial charge in [0.25, 0.3) is 5.91 Å². The standard InChI is InChI=1S/C17H26N4O3/c22-14(19-13-9-11-3-4-12(10-13)18-11)5-8-21-15(23)17(20-16(21)24)6-1-2-7-17/h11-13,18H,1-10H2,(H,19,22)(H,20,24)/t11-,12+,13?. The summed E-state index contributed by atoms with van der Waals surface area (Å²) in [4.78, 5) is 38.1. The number of hydrogen-bond acceptors (Lipinski definition) is 4. The van der Waals surface area contributed by atoms with E-state index in [0.29, 0.717) is 12.1 Å². The predicted molar refractivity (Wildman–Crippen MR) is 87.2 cm³/mol. The van der Waals surface area contributed by atoms with Gasteiger partial charge in [0.2, 0.25) is 5.91 Å². The van der Waals surface area contributed by atoms with Gasteiger partial charge in [-0.1, -0.05) is 12.8 Å². The average molecular weight is 334 g/mol. The van der Waals surface area contributed by atoms with E-state index in [1.807, 2.05) is 0 Å². The molecule has 3 saturated heterocycles. The minimum atomic E-state index is -0.679. The van der Waals surface area contributed by atoms with Crippen LogP contribution in [0.25, 0.3) is 0 Å². The van der Waals surface area contributed by atoms with E-state index in [9.17, 15) is 14.4 Å². The molecule has 3 aliphatic heterocycles. The second kappa shape index (κ2) is 6.02. The Morgan fingerprint density at radius 1 is 1.17 bits per heavy atom. The molecule has 3 heterocycles. The van der Waals surface area contributed by atoms with Gasteiger partial charge in [-0.3, -0.25) is 14.5 Å². The summed E-state index contributed by atoms with van der Waals surface area (Å²) < 4.78 is 0. The lowest BCUT2D eigenvalue weighted by atomic mass is 9.98. The summed E-state index contributed by atoms with van der Waals surface area (Å²) in [5, 5.41) is 9.49. The first-order valence-corrected chi connectivity index (χ1v) is 9.25. The Hall–Kier alpha value is -1.63. The number of urea groups is 1. The van der Waals surface area contributed by atoms with E-state index in [1.165, 1.54) is 17.7 Å². The highest BCUT2D eigenvalue weighted by atomic mass is 16.2. The molecular formula is C17H26N4O3. The molecule has 1 aliphatic carbocycles. The van der Waals surface area contributed by atoms with Crippen LogP contribution in [-0.4, -0.2) is 53.0 Å². The number of imide groups is 1. The van der Waals surface area contributed by atoms with Gasteiger partial charge >= 0.3 is 6.03 Å². The molecule has 0 radical (unpaired) electrons. The van der Waals surface area contributed by atoms with Crippen molar-refractivity contribution in [3.8, 4) is 0 Å². The topological polar surface area (TPSA) is 90.5 Å². The Labute approximate surface area is 141 Å². The van der Waals surface area contributed by atoms with Crippen LogP contribution in [-0.2, 0) is 9.59 Å². The molecule has 4 fully saturated rings. The zero-order valence-electron chi connectivity index (χ0n) is 14.0. The van der Waals surface area contributed by atoms with Crippen LogP contribution in [0, 0.1) is 0 Å². The largest absolute Gasteiger partial charge is 0.353 e. The molecule has 3 N–H and O–H groups in total. The van der Waals surface area contributed by atoms with Gasteiger partial charge in [-0.25, -0.2) is 4.79 Å². The molecule has 3 atom stereocenters. The zero-order valence-corrected chi connectivity index (χ0v) is 14.0. The smallest absolute Gasteiger partial charge is 0.325 e. The van der Waals surface area contributed by atoms with Crippen LogP contribution in [0.4, 0.5) is 4.79 Å². The summed E-state index contributed by atoms with van der Waals surface area (Å²) in [5.74, 6) is -0.202. The van der Waals surface area contributed by atoms with Gasteiger partial charge in [0.15, 0.2) is 0 Å². The fourth-order valence-electron chi connectivity index (χ4n) is 4.89. The minimum Gasteiger partial charge on any atom is -0.353 e. The number of nitrogens with zero attached hydrogens (tertiary/aromatic N) is 1. The third kappa shape index (κ3) is 2.79. The van der Waals surface area contributed by atoms with E-state index in [1.54, 1.807) is 0 Å². The quantitative estimate of drug-likeness (QED) is 0.658. The van der Waals surface area contributed by atoms with Crippen LogP contribution in [0.1, 0.15) is 57.8 Å². The van der Waals surface area contributed by atoms with Crippen molar-refractivity contribution in [1.82, 2.24) is 20.9 Å². The Morgan fingerprint density at radius 2 is 1.83 bits per heavy atom. The van der Waals surface area contributed by atoms with E-state index in [-0.39, 0.29) is 36.9 Å². The van der Waals surface area contributed by atoms with Crippen molar-refractivity contribution < 1.29 is 14.4 Å². The molecule has 2 bridgehead atoms. The number of carbonyl (C=O) groups is 3. The maximum absolute atomic E-state index is 12.5. The first-order valence-electron chi connectivity index (χ1n) is 9.25. The molecule has 1 unspecified atom stereocenters. The highest BCUT2D eigenvalue weighted by Crippen LogP contribution is 2.35. The summed E-state index contributed by atoms with van der Waals surface area (Å²) in [6.07, 6.45) is 7.92. The maximum Gasteiger partial charge on any atom is 0.325 e. The van der Waals surface area contributed by atoms with E-state index in [4.69, 9.17) is 0 Å². The van der Waals surface area contributed by atoms with Crippen molar-refractivity contribution in [1.29, 1.82) is 0 Å². The molecule has 0 aromatic carbocycles. The lowest BCUT2D eigenvalue weighted by Gasteiger charge is -2.29. The highest BCUT2D eigenvalue weighted by molar-refractivity contribution is 6.07. The van der Waals surface area contributed by atoms with Crippen LogP contribution in [0.2, 0.25) is 0 Å². The highest BCUT2D eigenvalue weighted by Gasteiger charge is 2.52. The lowest BCUT2D eigenvalue weighted by molar-refractivity contribution is -0.131. The number of nitrogens with one attached hydrogen (secondary N) is 3. The number of fused-ring (bicyclic) bond motifs is 2. The Bertz CT molecular complexity index is 546. The molecular weight excluding hydrogens is 308 g/mol. The van der Waals surface area contributed by atoms with Gasteiger partial charge in [-0.15, -0.1) is 0 Å². The molecule has 4 aliphatic rings. The molecule has 0 aromatic heterocycles.